The summed E-state index contributed by atoms with van der Waals surface area (Å²) in [5, 5.41) is 9.01. The van der Waals surface area contributed by atoms with Crippen molar-refractivity contribution in [2.75, 3.05) is 28.4 Å². The third-order valence-electron chi connectivity index (χ3n) is 2.91. The molecule has 0 heterocycles. The minimum Gasteiger partial charge on any atom is -0.349 e. The molecule has 0 aromatic carbocycles. The van der Waals surface area contributed by atoms with Gasteiger partial charge < -0.3 is 18.9 Å². The van der Waals surface area contributed by atoms with Crippen molar-refractivity contribution in [1.29, 1.82) is 5.26 Å². The lowest BCUT2D eigenvalue weighted by molar-refractivity contribution is -0.445. The van der Waals surface area contributed by atoms with Crippen LogP contribution in [0.15, 0.2) is 0 Å². The van der Waals surface area contributed by atoms with E-state index < -0.39 is 16.4 Å². The predicted octanol–water partition coefficient (Wildman–Crippen LogP) is 0.869. The summed E-state index contributed by atoms with van der Waals surface area (Å²) in [5.41, 5.74) is 0. The molecule has 0 N–H and O–H groups in total. The van der Waals surface area contributed by atoms with Gasteiger partial charge in [-0.15, -0.1) is 0 Å². The van der Waals surface area contributed by atoms with E-state index in [0.717, 1.165) is 0 Å². The zero-order chi connectivity index (χ0) is 11.7. The van der Waals surface area contributed by atoms with Gasteiger partial charge in [0.05, 0.1) is 6.07 Å². The molecule has 1 unspecified atom stereocenters. The third kappa shape index (κ3) is 1.23. The second kappa shape index (κ2) is 3.89. The van der Waals surface area contributed by atoms with Gasteiger partial charge in [0.1, 0.15) is 0 Å². The van der Waals surface area contributed by atoms with Gasteiger partial charge in [0.2, 0.25) is 5.79 Å². The molecule has 0 aromatic rings. The first-order valence-electron chi connectivity index (χ1n) is 4.32. The predicted molar refractivity (Wildman–Crippen MR) is 52.3 cm³/mol. The lowest BCUT2D eigenvalue weighted by Gasteiger charge is -2.60. The van der Waals surface area contributed by atoms with Gasteiger partial charge in [-0.1, -0.05) is 11.6 Å². The fourth-order valence-corrected chi connectivity index (χ4v) is 2.55. The molecule has 1 aliphatic rings. The van der Waals surface area contributed by atoms with Gasteiger partial charge in [-0.2, -0.15) is 5.26 Å². The number of nitriles is 1. The molecule has 86 valence electrons. The van der Waals surface area contributed by atoms with Crippen molar-refractivity contribution in [3.05, 3.63) is 0 Å². The second-order valence-electron chi connectivity index (χ2n) is 3.28. The molecule has 0 aliphatic heterocycles. The Labute approximate surface area is 93.8 Å². The molecule has 6 heteroatoms. The molecule has 1 aliphatic carbocycles. The Morgan fingerprint density at radius 2 is 1.53 bits per heavy atom. The van der Waals surface area contributed by atoms with Crippen LogP contribution in [0.1, 0.15) is 6.42 Å². The molecule has 0 spiro atoms. The van der Waals surface area contributed by atoms with E-state index in [-0.39, 0.29) is 6.42 Å². The number of hydrogen-bond donors (Lipinski definition) is 0. The van der Waals surface area contributed by atoms with Crippen LogP contribution in [0, 0.1) is 11.3 Å². The van der Waals surface area contributed by atoms with Crippen molar-refractivity contribution in [2.45, 2.75) is 22.9 Å². The zero-order valence-corrected chi connectivity index (χ0v) is 9.92. The average Bonchev–Trinajstić information content (AvgIpc) is 2.27. The fourth-order valence-electron chi connectivity index (χ4n) is 2.08. The second-order valence-corrected chi connectivity index (χ2v) is 3.92. The van der Waals surface area contributed by atoms with Crippen LogP contribution >= 0.6 is 11.6 Å². The van der Waals surface area contributed by atoms with Crippen molar-refractivity contribution < 1.29 is 18.9 Å². The van der Waals surface area contributed by atoms with E-state index in [2.05, 4.69) is 0 Å². The highest BCUT2D eigenvalue weighted by Crippen LogP contribution is 2.58. The summed E-state index contributed by atoms with van der Waals surface area (Å²) in [6.45, 7) is 0. The fraction of sp³-hybridized carbons (Fsp3) is 0.889. The van der Waals surface area contributed by atoms with Crippen LogP contribution in [-0.4, -0.2) is 44.9 Å². The Balaban J connectivity index is 3.16. The molecule has 0 bridgehead atoms. The Morgan fingerprint density at radius 1 is 1.07 bits per heavy atom. The van der Waals surface area contributed by atoms with E-state index in [1.165, 1.54) is 28.4 Å². The molecule has 1 fully saturated rings. The highest BCUT2D eigenvalue weighted by molar-refractivity contribution is 6.27. The largest absolute Gasteiger partial charge is 0.349 e. The standard InChI is InChI=1S/C9H14ClNO4/c1-12-8(13-2)5-7(10,6-11)9(8,14-3)15-4/h5H2,1-4H3. The summed E-state index contributed by atoms with van der Waals surface area (Å²) in [4.78, 5) is -1.30. The van der Waals surface area contributed by atoms with Crippen LogP contribution in [0.25, 0.3) is 0 Å². The molecule has 0 amide bonds. The van der Waals surface area contributed by atoms with Gasteiger partial charge in [-0.25, -0.2) is 0 Å². The molecule has 5 nitrogen and oxygen atoms in total. The van der Waals surface area contributed by atoms with E-state index in [9.17, 15) is 0 Å². The summed E-state index contributed by atoms with van der Waals surface area (Å²) < 4.78 is 20.8. The molecule has 1 saturated carbocycles. The summed E-state index contributed by atoms with van der Waals surface area (Å²) in [6, 6.07) is 1.95. The normalized spacial score (nSPS) is 31.7. The van der Waals surface area contributed by atoms with E-state index in [4.69, 9.17) is 35.8 Å². The Hall–Kier alpha value is -0.380. The summed E-state index contributed by atoms with van der Waals surface area (Å²) in [6.07, 6.45) is 0.173. The maximum atomic E-state index is 9.01. The lowest BCUT2D eigenvalue weighted by Crippen LogP contribution is -2.80. The molecular weight excluding hydrogens is 222 g/mol. The van der Waals surface area contributed by atoms with Gasteiger partial charge in [-0.05, 0) is 0 Å². The van der Waals surface area contributed by atoms with Crippen LogP contribution in [-0.2, 0) is 18.9 Å². The van der Waals surface area contributed by atoms with Crippen LogP contribution in [0.4, 0.5) is 0 Å². The number of hydrogen-bond acceptors (Lipinski definition) is 5. The van der Waals surface area contributed by atoms with Crippen LogP contribution in [0.3, 0.4) is 0 Å². The maximum absolute atomic E-state index is 9.01. The zero-order valence-electron chi connectivity index (χ0n) is 9.17. The number of rotatable bonds is 4. The summed E-state index contributed by atoms with van der Waals surface area (Å²) >= 11 is 6.09. The minimum absolute atomic E-state index is 0.173. The van der Waals surface area contributed by atoms with Crippen molar-refractivity contribution >= 4 is 11.6 Å². The van der Waals surface area contributed by atoms with Crippen LogP contribution in [0.2, 0.25) is 0 Å². The topological polar surface area (TPSA) is 60.7 Å². The van der Waals surface area contributed by atoms with Crippen LogP contribution in [0.5, 0.6) is 0 Å². The van der Waals surface area contributed by atoms with Gasteiger partial charge in [0, 0.05) is 34.9 Å². The van der Waals surface area contributed by atoms with Crippen molar-refractivity contribution in [3.8, 4) is 6.07 Å². The summed E-state index contributed by atoms with van der Waals surface area (Å²) in [5.74, 6) is -2.56. The van der Waals surface area contributed by atoms with Gasteiger partial charge >= 0.3 is 0 Å². The van der Waals surface area contributed by atoms with Crippen molar-refractivity contribution in [3.63, 3.8) is 0 Å². The monoisotopic (exact) mass is 235 g/mol. The van der Waals surface area contributed by atoms with E-state index in [1.54, 1.807) is 0 Å². The number of nitrogens with zero attached hydrogens (tertiary/aromatic N) is 1. The van der Waals surface area contributed by atoms with E-state index >= 15 is 0 Å². The average molecular weight is 236 g/mol. The van der Waals surface area contributed by atoms with E-state index in [1.807, 2.05) is 6.07 Å². The molecule has 0 aromatic heterocycles. The highest BCUT2D eigenvalue weighted by atomic mass is 35.5. The number of methoxy groups -OCH3 is 4. The first kappa shape index (κ1) is 12.7. The Bertz CT molecular complexity index is 282. The maximum Gasteiger partial charge on any atom is 0.257 e. The molecule has 1 atom stereocenters. The van der Waals surface area contributed by atoms with E-state index in [0.29, 0.717) is 0 Å². The molecule has 1 rings (SSSR count). The first-order chi connectivity index (χ1) is 7.01. The molecule has 15 heavy (non-hydrogen) atoms. The quantitative estimate of drug-likeness (QED) is 0.535. The number of halogens is 1. The molecule has 0 saturated heterocycles. The Morgan fingerprint density at radius 3 is 1.80 bits per heavy atom. The number of alkyl halides is 1. The van der Waals surface area contributed by atoms with Crippen molar-refractivity contribution in [1.82, 2.24) is 0 Å². The molecule has 0 radical (unpaired) electrons. The SMILES string of the molecule is COC1(OC)CC(Cl)(C#N)C1(OC)OC. The highest BCUT2D eigenvalue weighted by Gasteiger charge is 2.79. The van der Waals surface area contributed by atoms with Gasteiger partial charge in [0.25, 0.3) is 5.79 Å². The van der Waals surface area contributed by atoms with Gasteiger partial charge in [0.15, 0.2) is 4.87 Å². The minimum atomic E-state index is -1.42. The first-order valence-corrected chi connectivity index (χ1v) is 4.70. The molecular formula is C9H14ClNO4. The lowest BCUT2D eigenvalue weighted by atomic mass is 9.71. The smallest absolute Gasteiger partial charge is 0.257 e. The number of ether oxygens (including phenoxy) is 4. The van der Waals surface area contributed by atoms with Gasteiger partial charge in [-0.3, -0.25) is 0 Å². The van der Waals surface area contributed by atoms with Crippen LogP contribution < -0.4 is 0 Å². The van der Waals surface area contributed by atoms with Crippen molar-refractivity contribution in [2.24, 2.45) is 0 Å². The summed E-state index contributed by atoms with van der Waals surface area (Å²) in [7, 11) is 5.68. The Kier molecular flexibility index (Phi) is 3.29. The third-order valence-corrected chi connectivity index (χ3v) is 3.38.